The number of hydrogen-bond donors (Lipinski definition) is 1. The van der Waals surface area contributed by atoms with Gasteiger partial charge in [-0.05, 0) is 30.9 Å². The van der Waals surface area contributed by atoms with E-state index in [1.165, 1.54) is 12.8 Å². The Morgan fingerprint density at radius 2 is 2.12 bits per heavy atom. The summed E-state index contributed by atoms with van der Waals surface area (Å²) in [5.74, 6) is 1.74. The molecular weight excluding hydrogens is 224 g/mol. The normalized spacial score (nSPS) is 17.8. The third kappa shape index (κ3) is 2.47. The van der Waals surface area contributed by atoms with Gasteiger partial charge in [-0.25, -0.2) is 4.98 Å². The maximum atomic E-state index is 9.12. The number of halogens is 1. The number of rotatable bonds is 2. The van der Waals surface area contributed by atoms with E-state index < -0.39 is 0 Å². The van der Waals surface area contributed by atoms with Crippen molar-refractivity contribution in [3.8, 4) is 0 Å². The quantitative estimate of drug-likeness (QED) is 0.863. The van der Waals surface area contributed by atoms with E-state index in [0.29, 0.717) is 10.7 Å². The predicted molar refractivity (Wildman–Crippen MR) is 65.8 cm³/mol. The number of pyridine rings is 1. The van der Waals surface area contributed by atoms with Gasteiger partial charge >= 0.3 is 0 Å². The van der Waals surface area contributed by atoms with Gasteiger partial charge in [0.1, 0.15) is 5.82 Å². The summed E-state index contributed by atoms with van der Waals surface area (Å²) < 4.78 is 0. The summed E-state index contributed by atoms with van der Waals surface area (Å²) in [5, 5.41) is 9.66. The minimum Gasteiger partial charge on any atom is -0.390 e. The lowest BCUT2D eigenvalue weighted by Gasteiger charge is -2.31. The second-order valence-corrected chi connectivity index (χ2v) is 4.83. The molecule has 0 aliphatic carbocycles. The van der Waals surface area contributed by atoms with Crippen molar-refractivity contribution in [1.82, 2.24) is 4.98 Å². The summed E-state index contributed by atoms with van der Waals surface area (Å²) in [5.41, 5.74) is 0.567. The zero-order valence-electron chi connectivity index (χ0n) is 9.49. The monoisotopic (exact) mass is 240 g/mol. The molecule has 0 amide bonds. The molecule has 88 valence electrons. The van der Waals surface area contributed by atoms with E-state index in [9.17, 15) is 0 Å². The smallest absolute Gasteiger partial charge is 0.129 e. The number of aliphatic hydroxyl groups is 1. The molecule has 3 nitrogen and oxygen atoms in total. The molecule has 0 radical (unpaired) electrons. The van der Waals surface area contributed by atoms with Gasteiger partial charge in [0, 0.05) is 13.1 Å². The molecule has 0 unspecified atom stereocenters. The zero-order valence-corrected chi connectivity index (χ0v) is 10.2. The van der Waals surface area contributed by atoms with Crippen LogP contribution in [0.5, 0.6) is 0 Å². The number of nitrogens with zero attached hydrogens (tertiary/aromatic N) is 2. The molecule has 1 aromatic rings. The largest absolute Gasteiger partial charge is 0.390 e. The molecule has 0 aromatic carbocycles. The standard InChI is InChI=1S/C12H17ClN2O/c1-9-4-6-15(7-5-9)12-3-2-10(13)11(8-16)14-12/h2-3,9,16H,4-8H2,1H3. The van der Waals surface area contributed by atoms with E-state index in [2.05, 4.69) is 16.8 Å². The van der Waals surface area contributed by atoms with Crippen LogP contribution < -0.4 is 4.90 Å². The minimum absolute atomic E-state index is 0.100. The van der Waals surface area contributed by atoms with E-state index >= 15 is 0 Å². The van der Waals surface area contributed by atoms with Crippen LogP contribution in [0.3, 0.4) is 0 Å². The molecular formula is C12H17ClN2O. The number of aromatic nitrogens is 1. The highest BCUT2D eigenvalue weighted by Crippen LogP contribution is 2.24. The van der Waals surface area contributed by atoms with Crippen LogP contribution in [-0.4, -0.2) is 23.2 Å². The second-order valence-electron chi connectivity index (χ2n) is 4.43. The van der Waals surface area contributed by atoms with E-state index in [0.717, 1.165) is 24.8 Å². The van der Waals surface area contributed by atoms with E-state index in [1.807, 2.05) is 12.1 Å². The molecule has 1 aliphatic heterocycles. The van der Waals surface area contributed by atoms with Crippen LogP contribution in [-0.2, 0) is 6.61 Å². The van der Waals surface area contributed by atoms with Crippen LogP contribution in [0.25, 0.3) is 0 Å². The lowest BCUT2D eigenvalue weighted by atomic mass is 9.99. The maximum absolute atomic E-state index is 9.12. The van der Waals surface area contributed by atoms with Crippen molar-refractivity contribution in [1.29, 1.82) is 0 Å². The van der Waals surface area contributed by atoms with Crippen LogP contribution in [0.15, 0.2) is 12.1 Å². The van der Waals surface area contributed by atoms with Crippen molar-refractivity contribution >= 4 is 17.4 Å². The van der Waals surface area contributed by atoms with Crippen LogP contribution in [0.4, 0.5) is 5.82 Å². The predicted octanol–water partition coefficient (Wildman–Crippen LogP) is 2.46. The fraction of sp³-hybridized carbons (Fsp3) is 0.583. The molecule has 1 saturated heterocycles. The van der Waals surface area contributed by atoms with Crippen molar-refractivity contribution in [2.75, 3.05) is 18.0 Å². The third-order valence-corrected chi connectivity index (χ3v) is 3.51. The number of piperidine rings is 1. The topological polar surface area (TPSA) is 36.4 Å². The number of aliphatic hydroxyl groups excluding tert-OH is 1. The Kier molecular flexibility index (Phi) is 3.66. The molecule has 0 spiro atoms. The molecule has 0 saturated carbocycles. The van der Waals surface area contributed by atoms with Crippen molar-refractivity contribution in [2.24, 2.45) is 5.92 Å². The Balaban J connectivity index is 2.14. The molecule has 0 atom stereocenters. The Labute approximate surface area is 101 Å². The molecule has 16 heavy (non-hydrogen) atoms. The molecule has 2 heterocycles. The van der Waals surface area contributed by atoms with E-state index in [4.69, 9.17) is 16.7 Å². The second kappa shape index (κ2) is 5.02. The highest BCUT2D eigenvalue weighted by atomic mass is 35.5. The van der Waals surface area contributed by atoms with Gasteiger partial charge in [0.25, 0.3) is 0 Å². The summed E-state index contributed by atoms with van der Waals surface area (Å²) in [4.78, 5) is 6.64. The molecule has 0 bridgehead atoms. The zero-order chi connectivity index (χ0) is 11.5. The molecule has 1 N–H and O–H groups in total. The SMILES string of the molecule is CC1CCN(c2ccc(Cl)c(CO)n2)CC1. The lowest BCUT2D eigenvalue weighted by Crippen LogP contribution is -2.33. The molecule has 4 heteroatoms. The summed E-state index contributed by atoms with van der Waals surface area (Å²) in [7, 11) is 0. The van der Waals surface area contributed by atoms with Gasteiger partial charge in [0.2, 0.25) is 0 Å². The third-order valence-electron chi connectivity index (χ3n) is 3.16. The van der Waals surface area contributed by atoms with Crippen molar-refractivity contribution in [2.45, 2.75) is 26.4 Å². The van der Waals surface area contributed by atoms with Crippen LogP contribution in [0, 0.1) is 5.92 Å². The summed E-state index contributed by atoms with van der Waals surface area (Å²) >= 11 is 5.92. The summed E-state index contributed by atoms with van der Waals surface area (Å²) in [6.45, 7) is 4.27. The van der Waals surface area contributed by atoms with Gasteiger partial charge in [0.15, 0.2) is 0 Å². The molecule has 1 aromatic heterocycles. The van der Waals surface area contributed by atoms with E-state index in [1.54, 1.807) is 0 Å². The minimum atomic E-state index is -0.100. The fourth-order valence-corrected chi connectivity index (χ4v) is 2.16. The average molecular weight is 241 g/mol. The highest BCUT2D eigenvalue weighted by molar-refractivity contribution is 6.31. The molecule has 2 rings (SSSR count). The first kappa shape index (κ1) is 11.7. The van der Waals surface area contributed by atoms with Gasteiger partial charge < -0.3 is 10.0 Å². The maximum Gasteiger partial charge on any atom is 0.129 e. The Hall–Kier alpha value is -0.800. The fourth-order valence-electron chi connectivity index (χ4n) is 2.00. The Morgan fingerprint density at radius 3 is 2.75 bits per heavy atom. The van der Waals surface area contributed by atoms with Crippen molar-refractivity contribution < 1.29 is 5.11 Å². The Morgan fingerprint density at radius 1 is 1.44 bits per heavy atom. The first-order valence-electron chi connectivity index (χ1n) is 5.72. The first-order chi connectivity index (χ1) is 7.70. The Bertz CT molecular complexity index is 362. The lowest BCUT2D eigenvalue weighted by molar-refractivity contribution is 0.277. The van der Waals surface area contributed by atoms with Crippen LogP contribution >= 0.6 is 11.6 Å². The van der Waals surface area contributed by atoms with Crippen molar-refractivity contribution in [3.05, 3.63) is 22.8 Å². The summed E-state index contributed by atoms with van der Waals surface area (Å²) in [6.07, 6.45) is 2.41. The van der Waals surface area contributed by atoms with Gasteiger partial charge in [-0.3, -0.25) is 0 Å². The number of anilines is 1. The van der Waals surface area contributed by atoms with Gasteiger partial charge in [-0.2, -0.15) is 0 Å². The van der Waals surface area contributed by atoms with Crippen LogP contribution in [0.2, 0.25) is 5.02 Å². The number of hydrogen-bond acceptors (Lipinski definition) is 3. The van der Waals surface area contributed by atoms with Crippen LogP contribution in [0.1, 0.15) is 25.5 Å². The van der Waals surface area contributed by atoms with Gasteiger partial charge in [-0.15, -0.1) is 0 Å². The first-order valence-corrected chi connectivity index (χ1v) is 6.09. The highest BCUT2D eigenvalue weighted by Gasteiger charge is 2.17. The van der Waals surface area contributed by atoms with E-state index in [-0.39, 0.29) is 6.61 Å². The summed E-state index contributed by atoms with van der Waals surface area (Å²) in [6, 6.07) is 3.74. The molecule has 1 fully saturated rings. The van der Waals surface area contributed by atoms with Gasteiger partial charge in [-0.1, -0.05) is 18.5 Å². The van der Waals surface area contributed by atoms with Gasteiger partial charge in [0.05, 0.1) is 17.3 Å². The van der Waals surface area contributed by atoms with Crippen molar-refractivity contribution in [3.63, 3.8) is 0 Å². The molecule has 1 aliphatic rings. The average Bonchev–Trinajstić information content (AvgIpc) is 2.31.